The van der Waals surface area contributed by atoms with Crippen molar-refractivity contribution in [2.24, 2.45) is 0 Å². The number of aromatic nitrogens is 2. The molecule has 0 aliphatic carbocycles. The van der Waals surface area contributed by atoms with E-state index in [0.29, 0.717) is 0 Å². The van der Waals surface area contributed by atoms with Gasteiger partial charge >= 0.3 is 0 Å². The number of aryl methyl sites for hydroxylation is 1. The molecule has 0 atom stereocenters. The van der Waals surface area contributed by atoms with Crippen molar-refractivity contribution in [2.45, 2.75) is 12.8 Å². The summed E-state index contributed by atoms with van der Waals surface area (Å²) >= 11 is 0. The Morgan fingerprint density at radius 2 is 1.91 bits per heavy atom. The van der Waals surface area contributed by atoms with Gasteiger partial charge in [-0.3, -0.25) is 0 Å². The molecule has 0 radical (unpaired) electrons. The van der Waals surface area contributed by atoms with Crippen molar-refractivity contribution in [3.05, 3.63) is 54.4 Å². The highest BCUT2D eigenvalue weighted by Gasteiger charge is 2.05. The zero-order valence-electron chi connectivity index (χ0n) is 13.1. The largest absolute Gasteiger partial charge is 0.399 e. The van der Waals surface area contributed by atoms with Crippen LogP contribution >= 0.6 is 0 Å². The van der Waals surface area contributed by atoms with E-state index in [1.54, 1.807) is 13.4 Å². The summed E-state index contributed by atoms with van der Waals surface area (Å²) in [5.41, 5.74) is 9.60. The lowest BCUT2D eigenvalue weighted by Crippen LogP contribution is -1.97. The Labute approximate surface area is 135 Å². The molecule has 3 N–H and O–H groups in total. The molecule has 5 heteroatoms. The summed E-state index contributed by atoms with van der Waals surface area (Å²) in [6, 6.07) is 13.9. The van der Waals surface area contributed by atoms with Gasteiger partial charge in [0.05, 0.1) is 5.52 Å². The minimum Gasteiger partial charge on any atom is -0.399 e. The third-order valence-corrected chi connectivity index (χ3v) is 3.69. The van der Waals surface area contributed by atoms with E-state index >= 15 is 0 Å². The fourth-order valence-electron chi connectivity index (χ4n) is 2.48. The third-order valence-electron chi connectivity index (χ3n) is 3.69. The highest BCUT2D eigenvalue weighted by atomic mass is 16.5. The van der Waals surface area contributed by atoms with Gasteiger partial charge in [-0.15, -0.1) is 0 Å². The lowest BCUT2D eigenvalue weighted by molar-refractivity contribution is 0.195. The Kier molecular flexibility index (Phi) is 4.68. The predicted octanol–water partition coefficient (Wildman–Crippen LogP) is 3.53. The van der Waals surface area contributed by atoms with Crippen LogP contribution in [-0.2, 0) is 11.2 Å². The van der Waals surface area contributed by atoms with Gasteiger partial charge in [0.2, 0.25) is 0 Å². The van der Waals surface area contributed by atoms with Crippen molar-refractivity contribution in [1.82, 2.24) is 9.97 Å². The van der Waals surface area contributed by atoms with Gasteiger partial charge in [-0.2, -0.15) is 0 Å². The lowest BCUT2D eigenvalue weighted by atomic mass is 10.1. The number of nitrogens with two attached hydrogens (primary N) is 1. The summed E-state index contributed by atoms with van der Waals surface area (Å²) < 4.78 is 5.10. The van der Waals surface area contributed by atoms with Crippen LogP contribution in [0, 0.1) is 0 Å². The number of methoxy groups -OCH3 is 1. The molecule has 0 bridgehead atoms. The molecule has 3 aromatic rings. The van der Waals surface area contributed by atoms with Gasteiger partial charge in [0.25, 0.3) is 0 Å². The first-order chi connectivity index (χ1) is 11.3. The summed E-state index contributed by atoms with van der Waals surface area (Å²) in [5.74, 6) is 0.795. The van der Waals surface area contributed by atoms with E-state index in [2.05, 4.69) is 33.5 Å². The Hall–Kier alpha value is -2.66. The van der Waals surface area contributed by atoms with Crippen LogP contribution in [0.25, 0.3) is 10.9 Å². The van der Waals surface area contributed by atoms with Gasteiger partial charge in [-0.25, -0.2) is 9.97 Å². The van der Waals surface area contributed by atoms with Gasteiger partial charge in [-0.1, -0.05) is 6.07 Å². The van der Waals surface area contributed by atoms with Gasteiger partial charge in [-0.05, 0) is 54.8 Å². The number of rotatable bonds is 6. The SMILES string of the molecule is COCCCc1ccc2c(Nc3ccc(N)cc3)ncnc2c1. The van der Waals surface area contributed by atoms with Gasteiger partial charge in [0, 0.05) is 30.5 Å². The first-order valence-electron chi connectivity index (χ1n) is 7.61. The highest BCUT2D eigenvalue weighted by Crippen LogP contribution is 2.24. The molecule has 1 aromatic heterocycles. The van der Waals surface area contributed by atoms with Crippen molar-refractivity contribution < 1.29 is 4.74 Å². The molecule has 0 unspecified atom stereocenters. The summed E-state index contributed by atoms with van der Waals surface area (Å²) in [5, 5.41) is 4.32. The molecule has 0 amide bonds. The molecule has 0 aliphatic heterocycles. The molecule has 5 nitrogen and oxygen atoms in total. The zero-order chi connectivity index (χ0) is 16.1. The second-order valence-corrected chi connectivity index (χ2v) is 5.42. The molecule has 2 aromatic carbocycles. The fourth-order valence-corrected chi connectivity index (χ4v) is 2.48. The molecule has 0 fully saturated rings. The van der Waals surface area contributed by atoms with E-state index in [0.717, 1.165) is 47.5 Å². The average molecular weight is 308 g/mol. The average Bonchev–Trinajstić information content (AvgIpc) is 2.57. The molecule has 0 saturated heterocycles. The lowest BCUT2D eigenvalue weighted by Gasteiger charge is -2.09. The summed E-state index contributed by atoms with van der Waals surface area (Å²) in [7, 11) is 1.72. The van der Waals surface area contributed by atoms with Crippen LogP contribution in [0.1, 0.15) is 12.0 Å². The second kappa shape index (κ2) is 7.07. The number of nitrogens with zero attached hydrogens (tertiary/aromatic N) is 2. The summed E-state index contributed by atoms with van der Waals surface area (Å²) in [4.78, 5) is 8.74. The maximum Gasteiger partial charge on any atom is 0.141 e. The Morgan fingerprint density at radius 1 is 1.09 bits per heavy atom. The van der Waals surface area contributed by atoms with Crippen molar-refractivity contribution >= 4 is 28.1 Å². The van der Waals surface area contributed by atoms with Crippen molar-refractivity contribution in [3.63, 3.8) is 0 Å². The first-order valence-corrected chi connectivity index (χ1v) is 7.61. The minimum atomic E-state index is 0.740. The van der Waals surface area contributed by atoms with Gasteiger partial charge in [0.15, 0.2) is 0 Å². The monoisotopic (exact) mass is 308 g/mol. The zero-order valence-corrected chi connectivity index (χ0v) is 13.1. The number of nitrogen functional groups attached to an aromatic ring is 1. The molecule has 118 valence electrons. The van der Waals surface area contributed by atoms with E-state index in [9.17, 15) is 0 Å². The van der Waals surface area contributed by atoms with Crippen LogP contribution in [0.15, 0.2) is 48.8 Å². The Bertz CT molecular complexity index is 787. The number of hydrogen-bond acceptors (Lipinski definition) is 5. The van der Waals surface area contributed by atoms with Crippen LogP contribution in [0.3, 0.4) is 0 Å². The van der Waals surface area contributed by atoms with Crippen LogP contribution in [0.4, 0.5) is 17.2 Å². The molecule has 0 aliphatic rings. The number of fused-ring (bicyclic) bond motifs is 1. The number of ether oxygens (including phenoxy) is 1. The highest BCUT2D eigenvalue weighted by molar-refractivity contribution is 5.91. The van der Waals surface area contributed by atoms with E-state index in [4.69, 9.17) is 10.5 Å². The van der Waals surface area contributed by atoms with Crippen LogP contribution < -0.4 is 11.1 Å². The van der Waals surface area contributed by atoms with E-state index in [-0.39, 0.29) is 0 Å². The maximum absolute atomic E-state index is 5.71. The first kappa shape index (κ1) is 15.2. The molecular weight excluding hydrogens is 288 g/mol. The normalized spacial score (nSPS) is 10.8. The van der Waals surface area contributed by atoms with Gasteiger partial charge < -0.3 is 15.8 Å². The van der Waals surface area contributed by atoms with E-state index in [1.807, 2.05) is 24.3 Å². The quantitative estimate of drug-likeness (QED) is 0.538. The maximum atomic E-state index is 5.71. The van der Waals surface area contributed by atoms with E-state index in [1.165, 1.54) is 5.56 Å². The van der Waals surface area contributed by atoms with Crippen LogP contribution in [-0.4, -0.2) is 23.7 Å². The fraction of sp³-hybridized carbons (Fsp3) is 0.222. The predicted molar refractivity (Wildman–Crippen MR) is 93.9 cm³/mol. The topological polar surface area (TPSA) is 73.1 Å². The van der Waals surface area contributed by atoms with Crippen molar-refractivity contribution in [2.75, 3.05) is 24.8 Å². The van der Waals surface area contributed by atoms with Crippen molar-refractivity contribution in [1.29, 1.82) is 0 Å². The summed E-state index contributed by atoms with van der Waals surface area (Å²) in [6.07, 6.45) is 3.57. The minimum absolute atomic E-state index is 0.740. The third kappa shape index (κ3) is 3.76. The number of benzene rings is 2. The molecule has 0 spiro atoms. The smallest absolute Gasteiger partial charge is 0.141 e. The van der Waals surface area contributed by atoms with Gasteiger partial charge in [0.1, 0.15) is 12.1 Å². The number of anilines is 3. The molecule has 23 heavy (non-hydrogen) atoms. The molecule has 3 rings (SSSR count). The van der Waals surface area contributed by atoms with Crippen LogP contribution in [0.2, 0.25) is 0 Å². The molecular formula is C18H20N4O. The molecule has 1 heterocycles. The number of nitrogens with one attached hydrogen (secondary N) is 1. The van der Waals surface area contributed by atoms with Crippen LogP contribution in [0.5, 0.6) is 0 Å². The second-order valence-electron chi connectivity index (χ2n) is 5.42. The summed E-state index contributed by atoms with van der Waals surface area (Å²) in [6.45, 7) is 0.770. The standard InChI is InChI=1S/C18H20N4O/c1-23-10-2-3-13-4-9-16-17(11-13)20-12-21-18(16)22-15-7-5-14(19)6-8-15/h4-9,11-12H,2-3,10,19H2,1H3,(H,20,21,22). The molecule has 0 saturated carbocycles. The van der Waals surface area contributed by atoms with Crippen molar-refractivity contribution in [3.8, 4) is 0 Å². The Morgan fingerprint density at radius 3 is 2.70 bits per heavy atom. The Balaban J connectivity index is 1.85. The number of hydrogen-bond donors (Lipinski definition) is 2. The van der Waals surface area contributed by atoms with E-state index < -0.39 is 0 Å².